The second kappa shape index (κ2) is 5.33. The van der Waals surface area contributed by atoms with E-state index in [1.165, 1.54) is 0 Å². The third-order valence-corrected chi connectivity index (χ3v) is 2.68. The Morgan fingerprint density at radius 2 is 1.94 bits per heavy atom. The van der Waals surface area contributed by atoms with Crippen LogP contribution < -0.4 is 11.5 Å². The van der Waals surface area contributed by atoms with Crippen LogP contribution in [0.1, 0.15) is 36.1 Å². The second-order valence-corrected chi connectivity index (χ2v) is 5.24. The van der Waals surface area contributed by atoms with Crippen molar-refractivity contribution in [2.45, 2.75) is 26.2 Å². The lowest BCUT2D eigenvalue weighted by molar-refractivity contribution is 0.0699. The van der Waals surface area contributed by atoms with Crippen molar-refractivity contribution in [2.24, 2.45) is 16.5 Å². The molecule has 0 saturated heterocycles. The van der Waals surface area contributed by atoms with Crippen LogP contribution >= 0.6 is 23.7 Å². The number of nitrogens with zero attached hydrogens (tertiary/aromatic N) is 2. The van der Waals surface area contributed by atoms with Gasteiger partial charge in [0.2, 0.25) is 5.13 Å². The van der Waals surface area contributed by atoms with Crippen molar-refractivity contribution in [1.29, 1.82) is 0 Å². The maximum absolute atomic E-state index is 11.0. The number of hydrogen-bond donors (Lipinski definition) is 3. The number of aromatic carboxylic acids is 1. The van der Waals surface area contributed by atoms with E-state index < -0.39 is 5.97 Å². The molecule has 0 aromatic carbocycles. The molecule has 0 fully saturated rings. The largest absolute Gasteiger partial charge is 0.477 e. The first-order chi connectivity index (χ1) is 7.21. The first-order valence-electron chi connectivity index (χ1n) is 4.56. The fourth-order valence-corrected chi connectivity index (χ4v) is 2.13. The molecule has 1 heterocycles. The van der Waals surface area contributed by atoms with Crippen LogP contribution in [0.5, 0.6) is 0 Å². The van der Waals surface area contributed by atoms with E-state index in [-0.39, 0.29) is 33.8 Å². The molecule has 17 heavy (non-hydrogen) atoms. The average molecular weight is 279 g/mol. The third-order valence-electron chi connectivity index (χ3n) is 1.75. The smallest absolute Gasteiger partial charge is 0.347 e. The van der Waals surface area contributed by atoms with Crippen molar-refractivity contribution in [3.05, 3.63) is 10.6 Å². The Morgan fingerprint density at radius 3 is 2.24 bits per heavy atom. The molecule has 0 aliphatic rings. The Kier molecular flexibility index (Phi) is 4.91. The highest BCUT2D eigenvalue weighted by atomic mass is 35.5. The molecule has 8 heteroatoms. The minimum absolute atomic E-state index is 0. The number of carboxylic acids is 1. The van der Waals surface area contributed by atoms with Crippen LogP contribution in [0, 0.1) is 0 Å². The Hall–Kier alpha value is -1.34. The summed E-state index contributed by atoms with van der Waals surface area (Å²) in [5, 5.41) is 9.30. The number of rotatable bonds is 2. The molecule has 0 saturated carbocycles. The molecule has 6 nitrogen and oxygen atoms in total. The van der Waals surface area contributed by atoms with E-state index >= 15 is 0 Å². The monoisotopic (exact) mass is 278 g/mol. The number of halogens is 1. The lowest BCUT2D eigenvalue weighted by Gasteiger charge is -2.15. The number of carbonyl (C=O) groups is 1. The van der Waals surface area contributed by atoms with Crippen LogP contribution in [0.3, 0.4) is 0 Å². The van der Waals surface area contributed by atoms with E-state index in [2.05, 4.69) is 9.98 Å². The second-order valence-electron chi connectivity index (χ2n) is 4.27. The average Bonchev–Trinajstić information content (AvgIpc) is 2.45. The molecular weight excluding hydrogens is 264 g/mol. The maximum atomic E-state index is 11.0. The molecule has 0 unspecified atom stereocenters. The minimum atomic E-state index is -1.01. The summed E-state index contributed by atoms with van der Waals surface area (Å²) >= 11 is 0.965. The number of hydrogen-bond acceptors (Lipinski definition) is 4. The summed E-state index contributed by atoms with van der Waals surface area (Å²) in [7, 11) is 0. The molecule has 5 N–H and O–H groups in total. The SMILES string of the molecule is CC(C)(C)c1nc(N=C(N)N)sc1C(=O)O.Cl. The number of nitrogens with two attached hydrogens (primary N) is 2. The van der Waals surface area contributed by atoms with Gasteiger partial charge < -0.3 is 16.6 Å². The van der Waals surface area contributed by atoms with Crippen molar-refractivity contribution in [2.75, 3.05) is 0 Å². The lowest BCUT2D eigenvalue weighted by Crippen LogP contribution is -2.21. The molecule has 96 valence electrons. The number of aliphatic imine (C=N–C) groups is 1. The molecule has 1 rings (SSSR count). The van der Waals surface area contributed by atoms with Gasteiger partial charge in [0.1, 0.15) is 4.88 Å². The summed E-state index contributed by atoms with van der Waals surface area (Å²) < 4.78 is 0. The zero-order valence-corrected chi connectivity index (χ0v) is 11.4. The van der Waals surface area contributed by atoms with Crippen molar-refractivity contribution in [1.82, 2.24) is 4.98 Å². The highest BCUT2D eigenvalue weighted by Gasteiger charge is 2.26. The van der Waals surface area contributed by atoms with Gasteiger partial charge in [-0.2, -0.15) is 4.99 Å². The van der Waals surface area contributed by atoms with Gasteiger partial charge in [0.25, 0.3) is 0 Å². The molecule has 0 spiro atoms. The van der Waals surface area contributed by atoms with E-state index in [1.807, 2.05) is 20.8 Å². The molecule has 0 amide bonds. The Labute approximate surface area is 109 Å². The van der Waals surface area contributed by atoms with Crippen molar-refractivity contribution in [3.63, 3.8) is 0 Å². The quantitative estimate of drug-likeness (QED) is 0.560. The summed E-state index contributed by atoms with van der Waals surface area (Å²) in [4.78, 5) is 19.1. The normalized spacial score (nSPS) is 10.5. The van der Waals surface area contributed by atoms with E-state index in [9.17, 15) is 4.79 Å². The topological polar surface area (TPSA) is 115 Å². The number of thiazole rings is 1. The standard InChI is InChI=1S/C9H14N4O2S.ClH/c1-9(2,3)5-4(6(14)15)16-8(12-5)13-7(10)11;/h1-3H3,(H,14,15)(H4,10,11,12,13);1H. The fourth-order valence-electron chi connectivity index (χ4n) is 1.12. The zero-order chi connectivity index (χ0) is 12.5. The summed E-state index contributed by atoms with van der Waals surface area (Å²) in [5.41, 5.74) is 10.6. The number of guanidine groups is 1. The van der Waals surface area contributed by atoms with Crippen LogP contribution in [0.25, 0.3) is 0 Å². The highest BCUT2D eigenvalue weighted by Crippen LogP contribution is 2.33. The highest BCUT2D eigenvalue weighted by molar-refractivity contribution is 7.17. The van der Waals surface area contributed by atoms with E-state index in [4.69, 9.17) is 16.6 Å². The Bertz CT molecular complexity index is 446. The van der Waals surface area contributed by atoms with Crippen molar-refractivity contribution in [3.8, 4) is 0 Å². The predicted molar refractivity (Wildman–Crippen MR) is 70.5 cm³/mol. The van der Waals surface area contributed by atoms with Gasteiger partial charge in [0.05, 0.1) is 5.69 Å². The van der Waals surface area contributed by atoms with Crippen LogP contribution in [0.4, 0.5) is 5.13 Å². The van der Waals surface area contributed by atoms with Crippen molar-refractivity contribution < 1.29 is 9.90 Å². The molecule has 1 aromatic rings. The van der Waals surface area contributed by atoms with Gasteiger partial charge in [-0.3, -0.25) is 0 Å². The maximum Gasteiger partial charge on any atom is 0.347 e. The zero-order valence-electron chi connectivity index (χ0n) is 9.72. The first-order valence-corrected chi connectivity index (χ1v) is 5.37. The predicted octanol–water partition coefficient (Wildman–Crippen LogP) is 1.47. The summed E-state index contributed by atoms with van der Waals surface area (Å²) in [6.07, 6.45) is 0. The van der Waals surface area contributed by atoms with Gasteiger partial charge in [-0.25, -0.2) is 9.78 Å². The molecule has 0 atom stereocenters. The molecule has 0 aliphatic heterocycles. The first kappa shape index (κ1) is 15.7. The minimum Gasteiger partial charge on any atom is -0.477 e. The molecule has 0 aliphatic carbocycles. The summed E-state index contributed by atoms with van der Waals surface area (Å²) in [6.45, 7) is 5.65. The van der Waals surface area contributed by atoms with Gasteiger partial charge in [-0.15, -0.1) is 12.4 Å². The number of carboxylic acid groups (broad SMARTS) is 1. The van der Waals surface area contributed by atoms with Gasteiger partial charge in [-0.1, -0.05) is 32.1 Å². The van der Waals surface area contributed by atoms with Gasteiger partial charge >= 0.3 is 5.97 Å². The van der Waals surface area contributed by atoms with Crippen LogP contribution in [0.2, 0.25) is 0 Å². The van der Waals surface area contributed by atoms with Crippen molar-refractivity contribution >= 4 is 40.8 Å². The lowest BCUT2D eigenvalue weighted by atomic mass is 9.91. The fraction of sp³-hybridized carbons (Fsp3) is 0.444. The molecule has 1 aromatic heterocycles. The van der Waals surface area contributed by atoms with Gasteiger partial charge in [0.15, 0.2) is 5.96 Å². The molecule has 0 radical (unpaired) electrons. The summed E-state index contributed by atoms with van der Waals surface area (Å²) in [6, 6.07) is 0. The summed E-state index contributed by atoms with van der Waals surface area (Å²) in [5.74, 6) is -1.15. The van der Waals surface area contributed by atoms with Gasteiger partial charge in [-0.05, 0) is 0 Å². The third kappa shape index (κ3) is 3.86. The number of aromatic nitrogens is 1. The van der Waals surface area contributed by atoms with Crippen LogP contribution in [0.15, 0.2) is 4.99 Å². The van der Waals surface area contributed by atoms with Crippen LogP contribution in [-0.4, -0.2) is 22.0 Å². The molecule has 0 bridgehead atoms. The van der Waals surface area contributed by atoms with E-state index in [0.29, 0.717) is 5.69 Å². The molecular formula is C9H15ClN4O2S. The van der Waals surface area contributed by atoms with Crippen LogP contribution in [-0.2, 0) is 5.41 Å². The van der Waals surface area contributed by atoms with Gasteiger partial charge in [0, 0.05) is 5.41 Å². The van der Waals surface area contributed by atoms with E-state index in [1.54, 1.807) is 0 Å². The Morgan fingerprint density at radius 1 is 1.41 bits per heavy atom. The Balaban J connectivity index is 0.00000256. The van der Waals surface area contributed by atoms with E-state index in [0.717, 1.165) is 11.3 Å².